The van der Waals surface area contributed by atoms with Crippen molar-refractivity contribution in [1.82, 2.24) is 9.55 Å². The lowest BCUT2D eigenvalue weighted by molar-refractivity contribution is 0.0702. The molecule has 6 heteroatoms. The van der Waals surface area contributed by atoms with Gasteiger partial charge in [-0.1, -0.05) is 11.8 Å². The zero-order valence-corrected chi connectivity index (χ0v) is 10.2. The van der Waals surface area contributed by atoms with Crippen LogP contribution in [0.25, 0.3) is 0 Å². The van der Waals surface area contributed by atoms with E-state index in [1.165, 1.54) is 23.1 Å². The number of nitrogens with zero attached hydrogens (tertiary/aromatic N) is 2. The van der Waals surface area contributed by atoms with Crippen molar-refractivity contribution in [2.45, 2.75) is 23.5 Å². The van der Waals surface area contributed by atoms with Crippen LogP contribution in [-0.4, -0.2) is 20.6 Å². The quantitative estimate of drug-likeness (QED) is 0.911. The number of aromatic carboxylic acids is 1. The molecule has 2 heterocycles. The van der Waals surface area contributed by atoms with Crippen LogP contribution in [0.5, 0.6) is 0 Å². The van der Waals surface area contributed by atoms with Gasteiger partial charge in [-0.25, -0.2) is 9.78 Å². The van der Waals surface area contributed by atoms with E-state index >= 15 is 0 Å². The summed E-state index contributed by atoms with van der Waals surface area (Å²) in [6, 6.07) is 1.67. The first kappa shape index (κ1) is 11.2. The Kier molecular flexibility index (Phi) is 3.31. The number of rotatable bonds is 4. The molecule has 1 N–H and O–H groups in total. The molecule has 0 amide bonds. The SMILES string of the molecule is CCn1ccnc1Sc1csc(C(=O)O)c1. The molecule has 0 aliphatic rings. The monoisotopic (exact) mass is 254 g/mol. The fourth-order valence-electron chi connectivity index (χ4n) is 1.23. The molecule has 0 aliphatic heterocycles. The summed E-state index contributed by atoms with van der Waals surface area (Å²) in [7, 11) is 0. The molecule has 0 bridgehead atoms. The van der Waals surface area contributed by atoms with E-state index in [2.05, 4.69) is 4.98 Å². The zero-order valence-electron chi connectivity index (χ0n) is 8.58. The largest absolute Gasteiger partial charge is 0.477 e. The Labute approximate surface area is 101 Å². The minimum absolute atomic E-state index is 0.358. The van der Waals surface area contributed by atoms with Gasteiger partial charge in [-0.05, 0) is 13.0 Å². The van der Waals surface area contributed by atoms with Crippen LogP contribution in [0.2, 0.25) is 0 Å². The maximum absolute atomic E-state index is 10.7. The van der Waals surface area contributed by atoms with Crippen molar-refractivity contribution in [3.8, 4) is 0 Å². The predicted octanol–water partition coefficient (Wildman–Crippen LogP) is 2.81. The highest BCUT2D eigenvalue weighted by Gasteiger charge is 2.09. The first-order chi connectivity index (χ1) is 7.70. The number of thiophene rings is 1. The first-order valence-electron chi connectivity index (χ1n) is 4.71. The van der Waals surface area contributed by atoms with Crippen molar-refractivity contribution in [1.29, 1.82) is 0 Å². The molecule has 2 aromatic heterocycles. The molecule has 0 atom stereocenters. The minimum atomic E-state index is -0.879. The molecule has 4 nitrogen and oxygen atoms in total. The normalized spacial score (nSPS) is 10.6. The molecule has 0 radical (unpaired) electrons. The van der Waals surface area contributed by atoms with E-state index < -0.39 is 5.97 Å². The van der Waals surface area contributed by atoms with Gasteiger partial charge in [0.1, 0.15) is 4.88 Å². The van der Waals surface area contributed by atoms with Crippen molar-refractivity contribution in [3.63, 3.8) is 0 Å². The number of carboxylic acids is 1. The third kappa shape index (κ3) is 2.28. The molecule has 0 fully saturated rings. The maximum Gasteiger partial charge on any atom is 0.345 e. The zero-order chi connectivity index (χ0) is 11.5. The highest BCUT2D eigenvalue weighted by molar-refractivity contribution is 7.99. The topological polar surface area (TPSA) is 55.1 Å². The van der Waals surface area contributed by atoms with E-state index in [0.717, 1.165) is 16.6 Å². The fraction of sp³-hybridized carbons (Fsp3) is 0.200. The van der Waals surface area contributed by atoms with Crippen LogP contribution in [0.3, 0.4) is 0 Å². The molecule has 0 saturated carbocycles. The molecule has 0 unspecified atom stereocenters. The smallest absolute Gasteiger partial charge is 0.345 e. The third-order valence-electron chi connectivity index (χ3n) is 2.01. The maximum atomic E-state index is 10.7. The summed E-state index contributed by atoms with van der Waals surface area (Å²) in [5.74, 6) is -0.879. The lowest BCUT2D eigenvalue weighted by Gasteiger charge is -2.01. The second kappa shape index (κ2) is 4.71. The summed E-state index contributed by atoms with van der Waals surface area (Å²) in [6.07, 6.45) is 3.66. The Morgan fingerprint density at radius 3 is 3.12 bits per heavy atom. The highest BCUT2D eigenvalue weighted by Crippen LogP contribution is 2.30. The molecule has 2 aromatic rings. The number of imidazole rings is 1. The van der Waals surface area contributed by atoms with Crippen molar-refractivity contribution in [2.24, 2.45) is 0 Å². The van der Waals surface area contributed by atoms with Gasteiger partial charge in [0.15, 0.2) is 5.16 Å². The third-order valence-corrected chi connectivity index (χ3v) is 4.07. The number of carbonyl (C=O) groups is 1. The Morgan fingerprint density at radius 1 is 1.69 bits per heavy atom. The van der Waals surface area contributed by atoms with Gasteiger partial charge < -0.3 is 9.67 Å². The van der Waals surface area contributed by atoms with Crippen molar-refractivity contribution in [2.75, 3.05) is 0 Å². The van der Waals surface area contributed by atoms with E-state index in [4.69, 9.17) is 5.11 Å². The van der Waals surface area contributed by atoms with Crippen LogP contribution in [-0.2, 0) is 6.54 Å². The number of carboxylic acid groups (broad SMARTS) is 1. The van der Waals surface area contributed by atoms with Gasteiger partial charge in [0.2, 0.25) is 0 Å². The molecule has 16 heavy (non-hydrogen) atoms. The van der Waals surface area contributed by atoms with E-state index in [0.29, 0.717) is 4.88 Å². The number of aryl methyl sites for hydroxylation is 1. The van der Waals surface area contributed by atoms with Crippen LogP contribution in [0.4, 0.5) is 0 Å². The molecule has 0 saturated heterocycles. The van der Waals surface area contributed by atoms with Gasteiger partial charge in [0.05, 0.1) is 0 Å². The minimum Gasteiger partial charge on any atom is -0.477 e. The van der Waals surface area contributed by atoms with Crippen molar-refractivity contribution < 1.29 is 9.90 Å². The molecular weight excluding hydrogens is 244 g/mol. The number of hydrogen-bond donors (Lipinski definition) is 1. The highest BCUT2D eigenvalue weighted by atomic mass is 32.2. The average molecular weight is 254 g/mol. The second-order valence-electron chi connectivity index (χ2n) is 3.05. The Bertz CT molecular complexity index is 504. The van der Waals surface area contributed by atoms with Crippen LogP contribution in [0.1, 0.15) is 16.6 Å². The Hall–Kier alpha value is -1.27. The second-order valence-corrected chi connectivity index (χ2v) is 5.00. The number of hydrogen-bond acceptors (Lipinski definition) is 4. The summed E-state index contributed by atoms with van der Waals surface area (Å²) in [5, 5.41) is 11.5. The Morgan fingerprint density at radius 2 is 2.50 bits per heavy atom. The van der Waals surface area contributed by atoms with Gasteiger partial charge in [0, 0.05) is 29.2 Å². The van der Waals surface area contributed by atoms with E-state index in [9.17, 15) is 4.79 Å². The van der Waals surface area contributed by atoms with E-state index in [1.54, 1.807) is 12.3 Å². The lowest BCUT2D eigenvalue weighted by atomic mass is 10.5. The lowest BCUT2D eigenvalue weighted by Crippen LogP contribution is -1.93. The van der Waals surface area contributed by atoms with Crippen molar-refractivity contribution >= 4 is 29.1 Å². The van der Waals surface area contributed by atoms with Crippen molar-refractivity contribution in [3.05, 3.63) is 28.7 Å². The van der Waals surface area contributed by atoms with Crippen LogP contribution in [0.15, 0.2) is 33.9 Å². The van der Waals surface area contributed by atoms with Crippen LogP contribution < -0.4 is 0 Å². The van der Waals surface area contributed by atoms with E-state index in [1.807, 2.05) is 23.1 Å². The molecule has 2 rings (SSSR count). The Balaban J connectivity index is 2.17. The first-order valence-corrected chi connectivity index (χ1v) is 6.41. The summed E-state index contributed by atoms with van der Waals surface area (Å²) in [6.45, 7) is 2.90. The van der Waals surface area contributed by atoms with Crippen LogP contribution >= 0.6 is 23.1 Å². The molecule has 0 spiro atoms. The molecule has 84 valence electrons. The van der Waals surface area contributed by atoms with Gasteiger partial charge in [-0.15, -0.1) is 11.3 Å². The standard InChI is InChI=1S/C10H10N2O2S2/c1-2-12-4-3-11-10(12)16-7-5-8(9(13)14)15-6-7/h3-6H,2H2,1H3,(H,13,14). The predicted molar refractivity (Wildman–Crippen MR) is 63.3 cm³/mol. The summed E-state index contributed by atoms with van der Waals surface area (Å²) >= 11 is 2.72. The summed E-state index contributed by atoms with van der Waals surface area (Å²) < 4.78 is 2.02. The molecule has 0 aromatic carbocycles. The van der Waals surface area contributed by atoms with Gasteiger partial charge in [0.25, 0.3) is 0 Å². The molecule has 0 aliphatic carbocycles. The molecular formula is C10H10N2O2S2. The fourth-order valence-corrected chi connectivity index (χ4v) is 3.06. The average Bonchev–Trinajstić information content (AvgIpc) is 2.87. The van der Waals surface area contributed by atoms with Gasteiger partial charge in [-0.2, -0.15) is 0 Å². The number of aromatic nitrogens is 2. The summed E-state index contributed by atoms with van der Waals surface area (Å²) in [5.41, 5.74) is 0. The van der Waals surface area contributed by atoms with E-state index in [-0.39, 0.29) is 0 Å². The van der Waals surface area contributed by atoms with Gasteiger partial charge in [-0.3, -0.25) is 0 Å². The van der Waals surface area contributed by atoms with Crippen LogP contribution in [0, 0.1) is 0 Å². The van der Waals surface area contributed by atoms with Gasteiger partial charge >= 0.3 is 5.97 Å². The summed E-state index contributed by atoms with van der Waals surface area (Å²) in [4.78, 5) is 16.2.